The second-order valence-corrected chi connectivity index (χ2v) is 8.65. The molecule has 0 aromatic heterocycles. The standard InChI is InChI=1S/C22H20N2O3S/c1-16-14-18-15-17(22(25)23-19-8-4-2-5-9-19)12-13-21(18)24(16)28(26,27)20-10-6-3-7-11-20/h2-13,15-16H,14H2,1H3,(H,23,25)/t16-/m0/s1. The van der Waals surface area contributed by atoms with Gasteiger partial charge in [0.2, 0.25) is 0 Å². The van der Waals surface area contributed by atoms with Crippen molar-refractivity contribution in [2.75, 3.05) is 9.62 Å². The van der Waals surface area contributed by atoms with Gasteiger partial charge in [-0.15, -0.1) is 0 Å². The minimum atomic E-state index is -3.65. The van der Waals surface area contributed by atoms with E-state index in [0.717, 1.165) is 11.3 Å². The molecular formula is C22H20N2O3S. The van der Waals surface area contributed by atoms with Crippen LogP contribution in [0.15, 0.2) is 83.8 Å². The first kappa shape index (κ1) is 18.3. The van der Waals surface area contributed by atoms with Crippen molar-refractivity contribution in [2.24, 2.45) is 0 Å². The van der Waals surface area contributed by atoms with Crippen molar-refractivity contribution < 1.29 is 13.2 Å². The van der Waals surface area contributed by atoms with Crippen molar-refractivity contribution >= 4 is 27.3 Å². The molecule has 1 N–H and O–H groups in total. The van der Waals surface area contributed by atoms with E-state index in [1.54, 1.807) is 48.5 Å². The zero-order valence-corrected chi connectivity index (χ0v) is 16.2. The number of nitrogens with zero attached hydrogens (tertiary/aromatic N) is 1. The zero-order chi connectivity index (χ0) is 19.7. The quantitative estimate of drug-likeness (QED) is 0.728. The van der Waals surface area contributed by atoms with Gasteiger partial charge in [-0.3, -0.25) is 9.10 Å². The normalized spacial score (nSPS) is 15.9. The van der Waals surface area contributed by atoms with E-state index < -0.39 is 10.0 Å². The van der Waals surface area contributed by atoms with Crippen LogP contribution in [-0.2, 0) is 16.4 Å². The predicted molar refractivity (Wildman–Crippen MR) is 110 cm³/mol. The van der Waals surface area contributed by atoms with Crippen LogP contribution in [-0.4, -0.2) is 20.4 Å². The molecule has 0 saturated carbocycles. The van der Waals surface area contributed by atoms with Crippen molar-refractivity contribution in [1.82, 2.24) is 0 Å². The number of amides is 1. The molecule has 1 atom stereocenters. The zero-order valence-electron chi connectivity index (χ0n) is 15.4. The first-order valence-electron chi connectivity index (χ1n) is 9.05. The van der Waals surface area contributed by atoms with Gasteiger partial charge in [-0.2, -0.15) is 0 Å². The molecule has 28 heavy (non-hydrogen) atoms. The third kappa shape index (κ3) is 3.27. The Morgan fingerprint density at radius 3 is 2.29 bits per heavy atom. The van der Waals surface area contributed by atoms with E-state index in [2.05, 4.69) is 5.32 Å². The molecule has 1 aliphatic rings. The Bertz CT molecular complexity index is 1110. The SMILES string of the molecule is C[C@H]1Cc2cc(C(=O)Nc3ccccc3)ccc2N1S(=O)(=O)c1ccccc1. The Labute approximate surface area is 164 Å². The van der Waals surface area contributed by atoms with Crippen LogP contribution < -0.4 is 9.62 Å². The van der Waals surface area contributed by atoms with Gasteiger partial charge in [0.25, 0.3) is 15.9 Å². The molecule has 1 aliphatic heterocycles. The third-order valence-electron chi connectivity index (χ3n) is 4.83. The van der Waals surface area contributed by atoms with Crippen LogP contribution in [0, 0.1) is 0 Å². The van der Waals surface area contributed by atoms with Gasteiger partial charge in [0.05, 0.1) is 10.6 Å². The number of anilines is 2. The summed E-state index contributed by atoms with van der Waals surface area (Å²) in [5.41, 5.74) is 2.71. The molecular weight excluding hydrogens is 372 g/mol. The molecule has 0 aliphatic carbocycles. The van der Waals surface area contributed by atoms with Gasteiger partial charge >= 0.3 is 0 Å². The number of benzene rings is 3. The number of fused-ring (bicyclic) bond motifs is 1. The average molecular weight is 392 g/mol. The van der Waals surface area contributed by atoms with Gasteiger partial charge in [-0.05, 0) is 61.4 Å². The number of hydrogen-bond donors (Lipinski definition) is 1. The number of carbonyl (C=O) groups excluding carboxylic acids is 1. The highest BCUT2D eigenvalue weighted by Gasteiger charge is 2.36. The Morgan fingerprint density at radius 2 is 1.61 bits per heavy atom. The Kier molecular flexibility index (Phi) is 4.65. The van der Waals surface area contributed by atoms with Crippen LogP contribution in [0.4, 0.5) is 11.4 Å². The van der Waals surface area contributed by atoms with E-state index in [-0.39, 0.29) is 16.8 Å². The molecule has 3 aromatic carbocycles. The van der Waals surface area contributed by atoms with Gasteiger partial charge in [0.15, 0.2) is 0 Å². The number of carbonyl (C=O) groups is 1. The first-order chi connectivity index (χ1) is 13.5. The molecule has 4 rings (SSSR count). The van der Waals surface area contributed by atoms with E-state index in [1.165, 1.54) is 4.31 Å². The van der Waals surface area contributed by atoms with Gasteiger partial charge in [-0.25, -0.2) is 8.42 Å². The van der Waals surface area contributed by atoms with Gasteiger partial charge in [0, 0.05) is 17.3 Å². The summed E-state index contributed by atoms with van der Waals surface area (Å²) in [6.07, 6.45) is 0.563. The van der Waals surface area contributed by atoms with Crippen molar-refractivity contribution in [3.63, 3.8) is 0 Å². The highest BCUT2D eigenvalue weighted by atomic mass is 32.2. The van der Waals surface area contributed by atoms with Crippen LogP contribution in [0.5, 0.6) is 0 Å². The molecule has 0 radical (unpaired) electrons. The smallest absolute Gasteiger partial charge is 0.264 e. The molecule has 3 aromatic rings. The van der Waals surface area contributed by atoms with E-state index in [1.807, 2.05) is 37.3 Å². The molecule has 142 valence electrons. The molecule has 5 nitrogen and oxygen atoms in total. The minimum Gasteiger partial charge on any atom is -0.322 e. The Morgan fingerprint density at radius 1 is 0.964 bits per heavy atom. The van der Waals surface area contributed by atoms with Crippen molar-refractivity contribution in [3.8, 4) is 0 Å². The van der Waals surface area contributed by atoms with Gasteiger partial charge in [-0.1, -0.05) is 36.4 Å². The predicted octanol–water partition coefficient (Wildman–Crippen LogP) is 4.08. The number of para-hydroxylation sites is 1. The molecule has 0 bridgehead atoms. The van der Waals surface area contributed by atoms with Gasteiger partial charge < -0.3 is 5.32 Å². The number of rotatable bonds is 4. The van der Waals surface area contributed by atoms with Crippen molar-refractivity contribution in [1.29, 1.82) is 0 Å². The number of sulfonamides is 1. The highest BCUT2D eigenvalue weighted by Crippen LogP contribution is 2.37. The van der Waals surface area contributed by atoms with Crippen LogP contribution in [0.1, 0.15) is 22.8 Å². The monoisotopic (exact) mass is 392 g/mol. The van der Waals surface area contributed by atoms with Crippen molar-refractivity contribution in [3.05, 3.63) is 90.0 Å². The van der Waals surface area contributed by atoms with Gasteiger partial charge in [0.1, 0.15) is 0 Å². The Hall–Kier alpha value is -3.12. The summed E-state index contributed by atoms with van der Waals surface area (Å²) in [5, 5.41) is 2.86. The molecule has 0 spiro atoms. The molecule has 1 amide bonds. The van der Waals surface area contributed by atoms with Crippen LogP contribution in [0.2, 0.25) is 0 Å². The molecule has 0 unspecified atom stereocenters. The van der Waals surface area contributed by atoms with Crippen LogP contribution >= 0.6 is 0 Å². The molecule has 0 fully saturated rings. The molecule has 6 heteroatoms. The lowest BCUT2D eigenvalue weighted by molar-refractivity contribution is 0.102. The van der Waals surface area contributed by atoms with Crippen LogP contribution in [0.3, 0.4) is 0 Å². The maximum Gasteiger partial charge on any atom is 0.264 e. The maximum absolute atomic E-state index is 13.1. The summed E-state index contributed by atoms with van der Waals surface area (Å²) in [7, 11) is -3.65. The van der Waals surface area contributed by atoms with E-state index in [9.17, 15) is 13.2 Å². The van der Waals surface area contributed by atoms with Crippen molar-refractivity contribution in [2.45, 2.75) is 24.3 Å². The van der Waals surface area contributed by atoms with E-state index >= 15 is 0 Å². The minimum absolute atomic E-state index is 0.215. The third-order valence-corrected chi connectivity index (χ3v) is 6.77. The summed E-state index contributed by atoms with van der Waals surface area (Å²) in [6, 6.07) is 22.6. The number of hydrogen-bond acceptors (Lipinski definition) is 3. The summed E-state index contributed by atoms with van der Waals surface area (Å²) in [6.45, 7) is 1.88. The Balaban J connectivity index is 1.64. The van der Waals surface area contributed by atoms with Crippen LogP contribution in [0.25, 0.3) is 0 Å². The molecule has 0 saturated heterocycles. The fourth-order valence-corrected chi connectivity index (χ4v) is 5.25. The van der Waals surface area contributed by atoms with E-state index in [0.29, 0.717) is 17.7 Å². The summed E-state index contributed by atoms with van der Waals surface area (Å²) >= 11 is 0. The largest absolute Gasteiger partial charge is 0.322 e. The van der Waals surface area contributed by atoms with E-state index in [4.69, 9.17) is 0 Å². The fourth-order valence-electron chi connectivity index (χ4n) is 3.54. The number of nitrogens with one attached hydrogen (secondary N) is 1. The fraction of sp³-hybridized carbons (Fsp3) is 0.136. The second kappa shape index (κ2) is 7.13. The lowest BCUT2D eigenvalue weighted by Crippen LogP contribution is -2.35. The molecule has 1 heterocycles. The summed E-state index contributed by atoms with van der Waals surface area (Å²) in [4.78, 5) is 12.8. The summed E-state index contributed by atoms with van der Waals surface area (Å²) in [5.74, 6) is -0.217. The first-order valence-corrected chi connectivity index (χ1v) is 10.5. The maximum atomic E-state index is 13.1. The average Bonchev–Trinajstić information content (AvgIpc) is 3.05. The lowest BCUT2D eigenvalue weighted by atomic mass is 10.1. The topological polar surface area (TPSA) is 66.5 Å². The summed E-state index contributed by atoms with van der Waals surface area (Å²) < 4.78 is 27.7. The highest BCUT2D eigenvalue weighted by molar-refractivity contribution is 7.92. The second-order valence-electron chi connectivity index (χ2n) is 6.83. The lowest BCUT2D eigenvalue weighted by Gasteiger charge is -2.24.